The molecule has 0 saturated heterocycles. The highest BCUT2D eigenvalue weighted by Gasteiger charge is 2.27. The average molecular weight is 327 g/mol. The van der Waals surface area contributed by atoms with Crippen molar-refractivity contribution in [2.75, 3.05) is 19.8 Å². The molecule has 0 aliphatic heterocycles. The summed E-state index contributed by atoms with van der Waals surface area (Å²) < 4.78 is 67.8. The summed E-state index contributed by atoms with van der Waals surface area (Å²) in [6.45, 7) is 1.57. The van der Waals surface area contributed by atoms with E-state index in [1.165, 1.54) is 12.1 Å². The second-order valence-electron chi connectivity index (χ2n) is 4.37. The summed E-state index contributed by atoms with van der Waals surface area (Å²) in [6, 6.07) is 2.70. The van der Waals surface area contributed by atoms with E-state index in [1.54, 1.807) is 13.8 Å². The molecule has 0 heterocycles. The molecule has 9 heteroatoms. The molecule has 0 aliphatic carbocycles. The van der Waals surface area contributed by atoms with Gasteiger partial charge in [-0.2, -0.15) is 13.2 Å². The molecular formula is C12H16F3NO4S. The van der Waals surface area contributed by atoms with Gasteiger partial charge >= 0.3 is 6.18 Å². The molecule has 0 aliphatic rings. The van der Waals surface area contributed by atoms with Crippen LogP contribution in [-0.2, 0) is 14.8 Å². The van der Waals surface area contributed by atoms with E-state index in [0.29, 0.717) is 16.9 Å². The molecular weight excluding hydrogens is 311 g/mol. The van der Waals surface area contributed by atoms with Gasteiger partial charge in [0.2, 0.25) is 10.0 Å². The first-order chi connectivity index (χ1) is 9.52. The Balaban J connectivity index is 2.64. The summed E-state index contributed by atoms with van der Waals surface area (Å²) in [5, 5.41) is 5.06. The predicted molar refractivity (Wildman–Crippen MR) is 69.7 cm³/mol. The van der Waals surface area contributed by atoms with Crippen LogP contribution in [0.25, 0.3) is 0 Å². The third-order valence-corrected chi connectivity index (χ3v) is 3.80. The number of ether oxygens (including phenoxy) is 2. The third kappa shape index (κ3) is 5.52. The van der Waals surface area contributed by atoms with E-state index in [-0.39, 0.29) is 18.1 Å². The largest absolute Gasteiger partial charge is 0.491 e. The number of hydrogen-bond acceptors (Lipinski definition) is 4. The Kier molecular flexibility index (Phi) is 5.60. The van der Waals surface area contributed by atoms with Crippen LogP contribution >= 0.6 is 0 Å². The lowest BCUT2D eigenvalue weighted by molar-refractivity contribution is -0.175. The van der Waals surface area contributed by atoms with Gasteiger partial charge in [-0.05, 0) is 37.1 Å². The second-order valence-corrected chi connectivity index (χ2v) is 5.90. The molecule has 0 fully saturated rings. The molecule has 0 amide bonds. The standard InChI is InChI=1S/C12H16F3NO4S/c1-8-9(2)11(21(16,17)18)4-3-10(8)20-6-5-19-7-12(13,14)15/h3-4H,5-7H2,1-2H3,(H2,16,17,18). The van der Waals surface area contributed by atoms with Crippen LogP contribution < -0.4 is 9.88 Å². The van der Waals surface area contributed by atoms with Crippen molar-refractivity contribution in [3.8, 4) is 5.75 Å². The summed E-state index contributed by atoms with van der Waals surface area (Å²) in [4.78, 5) is -0.0133. The van der Waals surface area contributed by atoms with Gasteiger partial charge in [0.25, 0.3) is 0 Å². The normalized spacial score (nSPS) is 12.5. The topological polar surface area (TPSA) is 78.6 Å². The van der Waals surface area contributed by atoms with Crippen molar-refractivity contribution < 1.29 is 31.1 Å². The number of nitrogens with two attached hydrogens (primary N) is 1. The molecule has 1 rings (SSSR count). The van der Waals surface area contributed by atoms with Crippen molar-refractivity contribution in [2.24, 2.45) is 5.14 Å². The number of primary sulfonamides is 1. The van der Waals surface area contributed by atoms with Gasteiger partial charge in [0.1, 0.15) is 19.0 Å². The Morgan fingerprint density at radius 1 is 1.14 bits per heavy atom. The number of alkyl halides is 3. The number of rotatable bonds is 6. The highest BCUT2D eigenvalue weighted by molar-refractivity contribution is 7.89. The Bertz CT molecular complexity index is 599. The van der Waals surface area contributed by atoms with Crippen LogP contribution in [0.4, 0.5) is 13.2 Å². The van der Waals surface area contributed by atoms with Gasteiger partial charge < -0.3 is 9.47 Å². The zero-order chi connectivity index (χ0) is 16.3. The van der Waals surface area contributed by atoms with Crippen LogP contribution in [0.15, 0.2) is 17.0 Å². The van der Waals surface area contributed by atoms with Crippen molar-refractivity contribution in [1.29, 1.82) is 0 Å². The quantitative estimate of drug-likeness (QED) is 0.810. The first-order valence-electron chi connectivity index (χ1n) is 5.92. The molecule has 0 bridgehead atoms. The maximum absolute atomic E-state index is 11.8. The summed E-state index contributed by atoms with van der Waals surface area (Å²) in [5.41, 5.74) is 0.989. The Morgan fingerprint density at radius 3 is 2.29 bits per heavy atom. The van der Waals surface area contributed by atoms with E-state index in [2.05, 4.69) is 4.74 Å². The summed E-state index contributed by atoms with van der Waals surface area (Å²) in [5.74, 6) is 0.371. The van der Waals surface area contributed by atoms with Crippen LogP contribution in [0.2, 0.25) is 0 Å². The van der Waals surface area contributed by atoms with E-state index >= 15 is 0 Å². The summed E-state index contributed by atoms with van der Waals surface area (Å²) >= 11 is 0. The van der Waals surface area contributed by atoms with E-state index in [0.717, 1.165) is 0 Å². The lowest BCUT2D eigenvalue weighted by Crippen LogP contribution is -2.19. The number of halogens is 3. The van der Waals surface area contributed by atoms with E-state index in [4.69, 9.17) is 9.88 Å². The molecule has 21 heavy (non-hydrogen) atoms. The van der Waals surface area contributed by atoms with Crippen LogP contribution in [0.1, 0.15) is 11.1 Å². The molecule has 0 saturated carbocycles. The van der Waals surface area contributed by atoms with Crippen LogP contribution in [0.5, 0.6) is 5.75 Å². The summed E-state index contributed by atoms with van der Waals surface area (Å²) in [6.07, 6.45) is -4.37. The summed E-state index contributed by atoms with van der Waals surface area (Å²) in [7, 11) is -3.82. The van der Waals surface area contributed by atoms with E-state index < -0.39 is 22.8 Å². The minimum atomic E-state index is -4.37. The van der Waals surface area contributed by atoms with Gasteiger partial charge in [0, 0.05) is 0 Å². The van der Waals surface area contributed by atoms with Crippen LogP contribution in [0.3, 0.4) is 0 Å². The zero-order valence-electron chi connectivity index (χ0n) is 11.5. The Labute approximate surface area is 120 Å². The SMILES string of the molecule is Cc1c(OCCOCC(F)(F)F)ccc(S(N)(=O)=O)c1C. The monoisotopic (exact) mass is 327 g/mol. The van der Waals surface area contributed by atoms with Gasteiger partial charge in [-0.3, -0.25) is 0 Å². The minimum absolute atomic E-state index is 0.0133. The fourth-order valence-electron chi connectivity index (χ4n) is 1.63. The third-order valence-electron chi connectivity index (χ3n) is 2.75. The maximum atomic E-state index is 11.8. The average Bonchev–Trinajstić information content (AvgIpc) is 2.31. The zero-order valence-corrected chi connectivity index (χ0v) is 12.3. The molecule has 1 aromatic carbocycles. The van der Waals surface area contributed by atoms with Gasteiger partial charge in [-0.25, -0.2) is 13.6 Å². The van der Waals surface area contributed by atoms with Crippen molar-refractivity contribution in [1.82, 2.24) is 0 Å². The van der Waals surface area contributed by atoms with E-state index in [9.17, 15) is 21.6 Å². The highest BCUT2D eigenvalue weighted by Crippen LogP contribution is 2.26. The van der Waals surface area contributed by atoms with Crippen LogP contribution in [-0.4, -0.2) is 34.4 Å². The molecule has 5 nitrogen and oxygen atoms in total. The van der Waals surface area contributed by atoms with Crippen LogP contribution in [0, 0.1) is 13.8 Å². The van der Waals surface area contributed by atoms with E-state index in [1.807, 2.05) is 0 Å². The van der Waals surface area contributed by atoms with Gasteiger partial charge in [0.05, 0.1) is 11.5 Å². The highest BCUT2D eigenvalue weighted by atomic mass is 32.2. The van der Waals surface area contributed by atoms with Crippen molar-refractivity contribution in [2.45, 2.75) is 24.9 Å². The van der Waals surface area contributed by atoms with Gasteiger partial charge in [0.15, 0.2) is 0 Å². The van der Waals surface area contributed by atoms with Gasteiger partial charge in [-0.15, -0.1) is 0 Å². The van der Waals surface area contributed by atoms with Crippen molar-refractivity contribution >= 4 is 10.0 Å². The predicted octanol–water partition coefficient (Wildman–Crippen LogP) is 1.91. The lowest BCUT2D eigenvalue weighted by Gasteiger charge is -2.14. The first kappa shape index (κ1) is 17.7. The molecule has 1 aromatic rings. The Morgan fingerprint density at radius 2 is 1.76 bits per heavy atom. The minimum Gasteiger partial charge on any atom is -0.491 e. The molecule has 0 atom stereocenters. The van der Waals surface area contributed by atoms with Crippen molar-refractivity contribution in [3.63, 3.8) is 0 Å². The number of sulfonamides is 1. The smallest absolute Gasteiger partial charge is 0.411 e. The Hall–Kier alpha value is -1.32. The lowest BCUT2D eigenvalue weighted by atomic mass is 10.1. The van der Waals surface area contributed by atoms with Gasteiger partial charge in [-0.1, -0.05) is 0 Å². The maximum Gasteiger partial charge on any atom is 0.411 e. The molecule has 0 radical (unpaired) electrons. The molecule has 120 valence electrons. The number of benzene rings is 1. The first-order valence-corrected chi connectivity index (χ1v) is 7.47. The fourth-order valence-corrected chi connectivity index (χ4v) is 2.47. The fraction of sp³-hybridized carbons (Fsp3) is 0.500. The molecule has 2 N–H and O–H groups in total. The van der Waals surface area contributed by atoms with Crippen molar-refractivity contribution in [3.05, 3.63) is 23.3 Å². The second kappa shape index (κ2) is 6.63. The molecule has 0 unspecified atom stereocenters. The number of hydrogen-bond donors (Lipinski definition) is 1. The molecule has 0 spiro atoms. The molecule has 0 aromatic heterocycles.